The van der Waals surface area contributed by atoms with E-state index in [-0.39, 0.29) is 5.91 Å². The number of nitrogens with zero attached hydrogens (tertiary/aromatic N) is 1. The van der Waals surface area contributed by atoms with Gasteiger partial charge in [-0.25, -0.2) is 0 Å². The van der Waals surface area contributed by atoms with Crippen LogP contribution in [0.1, 0.15) is 5.56 Å². The minimum Gasteiger partial charge on any atom is -0.497 e. The van der Waals surface area contributed by atoms with Crippen LogP contribution in [0.2, 0.25) is 0 Å². The third-order valence-corrected chi connectivity index (χ3v) is 2.31. The highest BCUT2D eigenvalue weighted by atomic mass is 16.5. The summed E-state index contributed by atoms with van der Waals surface area (Å²) in [6.45, 7) is 0.957. The predicted octanol–water partition coefficient (Wildman–Crippen LogP) is 0.873. The largest absolute Gasteiger partial charge is 0.497 e. The number of methoxy groups -OCH3 is 1. The molecule has 1 amide bonds. The molecule has 0 saturated carbocycles. The van der Waals surface area contributed by atoms with Gasteiger partial charge in [0.15, 0.2) is 0 Å². The van der Waals surface area contributed by atoms with Gasteiger partial charge in [0.05, 0.1) is 13.7 Å². The van der Waals surface area contributed by atoms with Gasteiger partial charge in [0, 0.05) is 13.6 Å². The third kappa shape index (κ3) is 3.55. The Morgan fingerprint density at radius 2 is 2.25 bits per heavy atom. The van der Waals surface area contributed by atoms with E-state index in [9.17, 15) is 4.79 Å². The van der Waals surface area contributed by atoms with Crippen LogP contribution >= 0.6 is 0 Å². The van der Waals surface area contributed by atoms with Crippen LogP contribution in [-0.2, 0) is 11.3 Å². The number of carbonyl (C=O) groups excluding carboxylic acids is 1. The van der Waals surface area contributed by atoms with E-state index in [1.165, 1.54) is 0 Å². The highest BCUT2D eigenvalue weighted by Crippen LogP contribution is 2.13. The standard InChI is InChI=1S/C12H18N2O2/c1-13-8-12(15)14(2)9-10-5-4-6-11(7-10)16-3/h4-7,13H,8-9H2,1-3H3. The van der Waals surface area contributed by atoms with Crippen molar-refractivity contribution >= 4 is 5.91 Å². The van der Waals surface area contributed by atoms with Crippen LogP contribution in [0.4, 0.5) is 0 Å². The van der Waals surface area contributed by atoms with E-state index in [1.54, 1.807) is 26.1 Å². The van der Waals surface area contributed by atoms with Crippen LogP contribution in [-0.4, -0.2) is 38.6 Å². The maximum Gasteiger partial charge on any atom is 0.236 e. The number of ether oxygens (including phenoxy) is 1. The molecule has 4 heteroatoms. The van der Waals surface area contributed by atoms with Crippen molar-refractivity contribution in [1.29, 1.82) is 0 Å². The Labute approximate surface area is 96.2 Å². The number of nitrogens with one attached hydrogen (secondary N) is 1. The molecule has 4 nitrogen and oxygen atoms in total. The monoisotopic (exact) mass is 222 g/mol. The fourth-order valence-electron chi connectivity index (χ4n) is 1.42. The molecule has 0 atom stereocenters. The Morgan fingerprint density at radius 3 is 2.88 bits per heavy atom. The molecule has 88 valence electrons. The van der Waals surface area contributed by atoms with Crippen molar-refractivity contribution in [1.82, 2.24) is 10.2 Å². The number of likely N-dealkylation sites (N-methyl/N-ethyl adjacent to an activating group) is 2. The Kier molecular flexibility index (Phi) is 4.79. The molecule has 0 spiro atoms. The van der Waals surface area contributed by atoms with Crippen molar-refractivity contribution in [3.8, 4) is 5.75 Å². The lowest BCUT2D eigenvalue weighted by Crippen LogP contribution is -2.33. The van der Waals surface area contributed by atoms with Gasteiger partial charge >= 0.3 is 0 Å². The fourth-order valence-corrected chi connectivity index (χ4v) is 1.42. The van der Waals surface area contributed by atoms with Crippen LogP contribution in [0.3, 0.4) is 0 Å². The van der Waals surface area contributed by atoms with Gasteiger partial charge in [-0.2, -0.15) is 0 Å². The number of amides is 1. The van der Waals surface area contributed by atoms with E-state index in [0.29, 0.717) is 13.1 Å². The summed E-state index contributed by atoms with van der Waals surface area (Å²) in [5, 5.41) is 2.84. The first kappa shape index (κ1) is 12.5. The molecular formula is C12H18N2O2. The number of benzene rings is 1. The van der Waals surface area contributed by atoms with Gasteiger partial charge in [0.2, 0.25) is 5.91 Å². The molecule has 0 heterocycles. The summed E-state index contributed by atoms with van der Waals surface area (Å²) in [4.78, 5) is 13.2. The molecule has 0 saturated heterocycles. The summed E-state index contributed by atoms with van der Waals surface area (Å²) in [5.74, 6) is 0.886. The van der Waals surface area contributed by atoms with E-state index >= 15 is 0 Å². The van der Waals surface area contributed by atoms with Crippen molar-refractivity contribution in [2.45, 2.75) is 6.54 Å². The van der Waals surface area contributed by atoms with Crippen molar-refractivity contribution in [2.24, 2.45) is 0 Å². The second-order valence-corrected chi connectivity index (χ2v) is 3.63. The van der Waals surface area contributed by atoms with Crippen LogP contribution in [0, 0.1) is 0 Å². The summed E-state index contributed by atoms with van der Waals surface area (Å²) in [6.07, 6.45) is 0. The van der Waals surface area contributed by atoms with Crippen molar-refractivity contribution in [2.75, 3.05) is 27.7 Å². The first-order valence-electron chi connectivity index (χ1n) is 5.19. The summed E-state index contributed by atoms with van der Waals surface area (Å²) < 4.78 is 5.13. The average Bonchev–Trinajstić information content (AvgIpc) is 2.29. The second kappa shape index (κ2) is 6.12. The lowest BCUT2D eigenvalue weighted by Gasteiger charge is -2.17. The predicted molar refractivity (Wildman–Crippen MR) is 63.4 cm³/mol. The molecule has 0 aliphatic carbocycles. The minimum absolute atomic E-state index is 0.0744. The summed E-state index contributed by atoms with van der Waals surface area (Å²) in [6, 6.07) is 7.72. The van der Waals surface area contributed by atoms with Crippen LogP contribution in [0.15, 0.2) is 24.3 Å². The van der Waals surface area contributed by atoms with Gasteiger partial charge in [0.1, 0.15) is 5.75 Å². The number of rotatable bonds is 5. The lowest BCUT2D eigenvalue weighted by molar-refractivity contribution is -0.129. The van der Waals surface area contributed by atoms with E-state index < -0.39 is 0 Å². The molecule has 0 aromatic heterocycles. The maximum absolute atomic E-state index is 11.5. The number of hydrogen-bond acceptors (Lipinski definition) is 3. The topological polar surface area (TPSA) is 41.6 Å². The van der Waals surface area contributed by atoms with Crippen LogP contribution in [0.5, 0.6) is 5.75 Å². The minimum atomic E-state index is 0.0744. The van der Waals surface area contributed by atoms with Crippen molar-refractivity contribution in [3.63, 3.8) is 0 Å². The average molecular weight is 222 g/mol. The molecule has 0 radical (unpaired) electrons. The third-order valence-electron chi connectivity index (χ3n) is 2.31. The first-order valence-corrected chi connectivity index (χ1v) is 5.19. The molecule has 0 fully saturated rings. The summed E-state index contributed by atoms with van der Waals surface area (Å²) >= 11 is 0. The zero-order valence-electron chi connectivity index (χ0n) is 9.99. The highest BCUT2D eigenvalue weighted by Gasteiger charge is 2.07. The van der Waals surface area contributed by atoms with Gasteiger partial charge in [-0.1, -0.05) is 12.1 Å². The lowest BCUT2D eigenvalue weighted by atomic mass is 10.2. The Hall–Kier alpha value is -1.55. The number of carbonyl (C=O) groups is 1. The first-order chi connectivity index (χ1) is 7.67. The summed E-state index contributed by atoms with van der Waals surface area (Å²) in [7, 11) is 5.19. The van der Waals surface area contributed by atoms with Crippen molar-refractivity contribution < 1.29 is 9.53 Å². The van der Waals surface area contributed by atoms with Gasteiger partial charge in [-0.3, -0.25) is 4.79 Å². The quantitative estimate of drug-likeness (QED) is 0.804. The van der Waals surface area contributed by atoms with Gasteiger partial charge in [-0.15, -0.1) is 0 Å². The SMILES string of the molecule is CNCC(=O)N(C)Cc1cccc(OC)c1. The van der Waals surface area contributed by atoms with Gasteiger partial charge in [0.25, 0.3) is 0 Å². The van der Waals surface area contributed by atoms with E-state index in [1.807, 2.05) is 24.3 Å². The smallest absolute Gasteiger partial charge is 0.236 e. The Morgan fingerprint density at radius 1 is 1.50 bits per heavy atom. The molecule has 1 aromatic rings. The van der Waals surface area contributed by atoms with Gasteiger partial charge in [-0.05, 0) is 24.7 Å². The summed E-state index contributed by atoms with van der Waals surface area (Å²) in [5.41, 5.74) is 1.06. The molecule has 1 N–H and O–H groups in total. The fraction of sp³-hybridized carbons (Fsp3) is 0.417. The normalized spacial score (nSPS) is 9.94. The molecule has 1 aromatic carbocycles. The van der Waals surface area contributed by atoms with E-state index in [0.717, 1.165) is 11.3 Å². The van der Waals surface area contributed by atoms with Gasteiger partial charge < -0.3 is 15.0 Å². The van der Waals surface area contributed by atoms with E-state index in [4.69, 9.17) is 4.74 Å². The van der Waals surface area contributed by atoms with Crippen LogP contribution < -0.4 is 10.1 Å². The second-order valence-electron chi connectivity index (χ2n) is 3.63. The van der Waals surface area contributed by atoms with Crippen LogP contribution in [0.25, 0.3) is 0 Å². The molecule has 0 aliphatic rings. The molecule has 0 aliphatic heterocycles. The molecule has 0 unspecified atom stereocenters. The zero-order valence-corrected chi connectivity index (χ0v) is 9.99. The van der Waals surface area contributed by atoms with E-state index in [2.05, 4.69) is 5.32 Å². The molecule has 16 heavy (non-hydrogen) atoms. The molecule has 1 rings (SSSR count). The Balaban J connectivity index is 2.61. The molecule has 0 bridgehead atoms. The highest BCUT2D eigenvalue weighted by molar-refractivity contribution is 5.77. The Bertz CT molecular complexity index is 353. The number of hydrogen-bond donors (Lipinski definition) is 1. The maximum atomic E-state index is 11.5. The van der Waals surface area contributed by atoms with Crippen molar-refractivity contribution in [3.05, 3.63) is 29.8 Å². The zero-order chi connectivity index (χ0) is 12.0. The molecular weight excluding hydrogens is 204 g/mol.